The summed E-state index contributed by atoms with van der Waals surface area (Å²) in [7, 11) is 0. The van der Waals surface area contributed by atoms with Gasteiger partial charge in [0.15, 0.2) is 0 Å². The zero-order valence-electron chi connectivity index (χ0n) is 8.06. The molecule has 0 bridgehead atoms. The second kappa shape index (κ2) is 4.55. The summed E-state index contributed by atoms with van der Waals surface area (Å²) in [4.78, 5) is 0. The molecule has 1 atom stereocenters. The molecule has 0 aliphatic heterocycles. The molecule has 3 heteroatoms. The van der Waals surface area contributed by atoms with Crippen LogP contribution in [0.2, 0.25) is 0 Å². The summed E-state index contributed by atoms with van der Waals surface area (Å²) in [6.07, 6.45) is 0.0231. The van der Waals surface area contributed by atoms with Gasteiger partial charge in [-0.15, -0.1) is 0 Å². The van der Waals surface area contributed by atoms with E-state index >= 15 is 0 Å². The molecule has 0 aliphatic rings. The van der Waals surface area contributed by atoms with Gasteiger partial charge in [0.1, 0.15) is 5.82 Å². The van der Waals surface area contributed by atoms with Gasteiger partial charge in [0, 0.05) is 6.42 Å². The molecule has 1 N–H and O–H groups in total. The number of benzene rings is 1. The fourth-order valence-electron chi connectivity index (χ4n) is 1.43. The van der Waals surface area contributed by atoms with E-state index in [-0.39, 0.29) is 5.82 Å². The Hall–Kier alpha value is -1.19. The molecule has 1 nitrogen and oxygen atoms in total. The first-order valence-corrected chi connectivity index (χ1v) is 5.64. The van der Waals surface area contributed by atoms with E-state index in [9.17, 15) is 9.50 Å². The molecule has 0 radical (unpaired) electrons. The summed E-state index contributed by atoms with van der Waals surface area (Å²) in [5.74, 6) is -0.276. The van der Waals surface area contributed by atoms with Crippen LogP contribution >= 0.6 is 11.3 Å². The number of hydrogen-bond donors (Lipinski definition) is 1. The van der Waals surface area contributed by atoms with Gasteiger partial charge in [-0.2, -0.15) is 11.3 Å². The van der Waals surface area contributed by atoms with Gasteiger partial charge in [0.25, 0.3) is 0 Å². The van der Waals surface area contributed by atoms with Gasteiger partial charge >= 0.3 is 0 Å². The largest absolute Gasteiger partial charge is 0.388 e. The van der Waals surface area contributed by atoms with Crippen LogP contribution in [0.25, 0.3) is 0 Å². The van der Waals surface area contributed by atoms with Crippen molar-refractivity contribution in [2.75, 3.05) is 0 Å². The van der Waals surface area contributed by atoms with E-state index in [0.29, 0.717) is 6.42 Å². The number of thiophene rings is 1. The topological polar surface area (TPSA) is 20.2 Å². The maximum absolute atomic E-state index is 12.6. The van der Waals surface area contributed by atoms with E-state index in [0.717, 1.165) is 11.1 Å². The first-order chi connectivity index (χ1) is 7.25. The summed E-state index contributed by atoms with van der Waals surface area (Å²) in [5.41, 5.74) is 1.86. The minimum Gasteiger partial charge on any atom is -0.388 e. The Morgan fingerprint density at radius 1 is 1.20 bits per heavy atom. The Balaban J connectivity index is 2.08. The van der Waals surface area contributed by atoms with Gasteiger partial charge in [-0.1, -0.05) is 12.1 Å². The van der Waals surface area contributed by atoms with E-state index in [2.05, 4.69) is 0 Å². The number of rotatable bonds is 3. The molecule has 1 heterocycles. The lowest BCUT2D eigenvalue weighted by Gasteiger charge is -2.09. The van der Waals surface area contributed by atoms with Crippen molar-refractivity contribution in [1.29, 1.82) is 0 Å². The average Bonchev–Trinajstić information content (AvgIpc) is 2.71. The summed E-state index contributed by atoms with van der Waals surface area (Å²) < 4.78 is 12.6. The number of aliphatic hydroxyl groups excluding tert-OH is 1. The molecule has 0 saturated carbocycles. The number of halogens is 1. The van der Waals surface area contributed by atoms with Crippen molar-refractivity contribution in [3.63, 3.8) is 0 Å². The Bertz CT molecular complexity index is 408. The van der Waals surface area contributed by atoms with E-state index in [1.807, 2.05) is 16.8 Å². The lowest BCUT2D eigenvalue weighted by atomic mass is 10.0. The predicted molar refractivity (Wildman–Crippen MR) is 59.4 cm³/mol. The standard InChI is InChI=1S/C12H11FOS/c13-11-3-1-10(2-4-11)12(14)7-9-5-6-15-8-9/h1-6,8,12,14H,7H2. The molecule has 0 amide bonds. The Labute approximate surface area is 91.8 Å². The van der Waals surface area contributed by atoms with Gasteiger partial charge in [0.2, 0.25) is 0 Å². The third-order valence-corrected chi connectivity index (χ3v) is 3.00. The second-order valence-corrected chi connectivity index (χ2v) is 4.18. The van der Waals surface area contributed by atoms with Crippen LogP contribution in [0.4, 0.5) is 4.39 Å². The van der Waals surface area contributed by atoms with E-state index < -0.39 is 6.10 Å². The zero-order valence-corrected chi connectivity index (χ0v) is 8.88. The van der Waals surface area contributed by atoms with Crippen molar-refractivity contribution in [2.24, 2.45) is 0 Å². The molecule has 0 spiro atoms. The van der Waals surface area contributed by atoms with E-state index in [1.54, 1.807) is 23.5 Å². The number of aliphatic hydroxyl groups is 1. The molecular weight excluding hydrogens is 211 g/mol. The predicted octanol–water partition coefficient (Wildman–Crippen LogP) is 3.16. The molecule has 1 unspecified atom stereocenters. The van der Waals surface area contributed by atoms with Crippen LogP contribution in [-0.2, 0) is 6.42 Å². The molecule has 1 aromatic heterocycles. The summed E-state index contributed by atoms with van der Waals surface area (Å²) >= 11 is 1.61. The molecule has 78 valence electrons. The van der Waals surface area contributed by atoms with Crippen molar-refractivity contribution < 1.29 is 9.50 Å². The highest BCUT2D eigenvalue weighted by molar-refractivity contribution is 7.07. The summed E-state index contributed by atoms with van der Waals surface area (Å²) in [5, 5.41) is 13.9. The van der Waals surface area contributed by atoms with Gasteiger partial charge in [0.05, 0.1) is 6.10 Å². The molecular formula is C12H11FOS. The fraction of sp³-hybridized carbons (Fsp3) is 0.167. The second-order valence-electron chi connectivity index (χ2n) is 3.40. The van der Waals surface area contributed by atoms with Gasteiger partial charge < -0.3 is 5.11 Å². The zero-order chi connectivity index (χ0) is 10.7. The van der Waals surface area contributed by atoms with Crippen LogP contribution < -0.4 is 0 Å². The molecule has 15 heavy (non-hydrogen) atoms. The lowest BCUT2D eigenvalue weighted by Crippen LogP contribution is -2.00. The molecule has 0 fully saturated rings. The van der Waals surface area contributed by atoms with Crippen molar-refractivity contribution in [3.05, 3.63) is 58.0 Å². The maximum Gasteiger partial charge on any atom is 0.123 e. The Morgan fingerprint density at radius 2 is 1.93 bits per heavy atom. The SMILES string of the molecule is OC(Cc1ccsc1)c1ccc(F)cc1. The average molecular weight is 222 g/mol. The third kappa shape index (κ3) is 2.64. The number of hydrogen-bond acceptors (Lipinski definition) is 2. The van der Waals surface area contributed by atoms with Gasteiger partial charge in [-0.05, 0) is 40.1 Å². The van der Waals surface area contributed by atoms with Crippen LogP contribution in [0.15, 0.2) is 41.1 Å². The van der Waals surface area contributed by atoms with Crippen molar-refractivity contribution >= 4 is 11.3 Å². The van der Waals surface area contributed by atoms with Crippen LogP contribution in [-0.4, -0.2) is 5.11 Å². The van der Waals surface area contributed by atoms with Crippen molar-refractivity contribution in [2.45, 2.75) is 12.5 Å². The lowest BCUT2D eigenvalue weighted by molar-refractivity contribution is 0.178. The van der Waals surface area contributed by atoms with Crippen LogP contribution in [0.1, 0.15) is 17.2 Å². The first kappa shape index (κ1) is 10.3. The van der Waals surface area contributed by atoms with Gasteiger partial charge in [-0.3, -0.25) is 0 Å². The summed E-state index contributed by atoms with van der Waals surface area (Å²) in [6, 6.07) is 7.95. The van der Waals surface area contributed by atoms with Crippen LogP contribution in [0, 0.1) is 5.82 Å². The van der Waals surface area contributed by atoms with Crippen molar-refractivity contribution in [3.8, 4) is 0 Å². The van der Waals surface area contributed by atoms with E-state index in [1.165, 1.54) is 12.1 Å². The van der Waals surface area contributed by atoms with Crippen LogP contribution in [0.3, 0.4) is 0 Å². The molecule has 1 aromatic carbocycles. The quantitative estimate of drug-likeness (QED) is 0.845. The van der Waals surface area contributed by atoms with Crippen LogP contribution in [0.5, 0.6) is 0 Å². The Morgan fingerprint density at radius 3 is 2.53 bits per heavy atom. The minimum absolute atomic E-state index is 0.276. The first-order valence-electron chi connectivity index (χ1n) is 4.70. The highest BCUT2D eigenvalue weighted by Crippen LogP contribution is 2.19. The third-order valence-electron chi connectivity index (χ3n) is 2.26. The highest BCUT2D eigenvalue weighted by Gasteiger charge is 2.08. The minimum atomic E-state index is -0.555. The summed E-state index contributed by atoms with van der Waals surface area (Å²) in [6.45, 7) is 0. The van der Waals surface area contributed by atoms with Gasteiger partial charge in [-0.25, -0.2) is 4.39 Å². The molecule has 2 aromatic rings. The highest BCUT2D eigenvalue weighted by atomic mass is 32.1. The molecule has 2 rings (SSSR count). The van der Waals surface area contributed by atoms with Crippen molar-refractivity contribution in [1.82, 2.24) is 0 Å². The monoisotopic (exact) mass is 222 g/mol. The normalized spacial score (nSPS) is 12.7. The molecule has 0 aliphatic carbocycles. The Kier molecular flexibility index (Phi) is 3.14. The fourth-order valence-corrected chi connectivity index (χ4v) is 2.12. The van der Waals surface area contributed by atoms with E-state index in [4.69, 9.17) is 0 Å². The smallest absolute Gasteiger partial charge is 0.123 e. The molecule has 0 saturated heterocycles. The maximum atomic E-state index is 12.6.